The van der Waals surface area contributed by atoms with E-state index in [9.17, 15) is 9.18 Å². The van der Waals surface area contributed by atoms with Crippen LogP contribution in [0.1, 0.15) is 22.8 Å². The molecule has 18 heavy (non-hydrogen) atoms. The molecule has 0 radical (unpaired) electrons. The fraction of sp³-hybridized carbons (Fsp3) is 0.462. The van der Waals surface area contributed by atoms with E-state index in [2.05, 4.69) is 5.32 Å². The van der Waals surface area contributed by atoms with Crippen LogP contribution in [0.3, 0.4) is 0 Å². The molecule has 1 aliphatic heterocycles. The molecule has 1 heterocycles. The summed E-state index contributed by atoms with van der Waals surface area (Å²) in [5, 5.41) is 3.26. The number of rotatable bonds is 1. The Morgan fingerprint density at radius 3 is 2.89 bits per heavy atom. The number of halogens is 2. The average Bonchev–Trinajstić information content (AvgIpc) is 2.32. The Morgan fingerprint density at radius 1 is 1.50 bits per heavy atom. The maximum atomic E-state index is 13.8. The van der Waals surface area contributed by atoms with Gasteiger partial charge in [0, 0.05) is 25.7 Å². The minimum absolute atomic E-state index is 0. The summed E-state index contributed by atoms with van der Waals surface area (Å²) >= 11 is 0. The number of carbonyl (C=O) groups is 1. The molecule has 1 saturated heterocycles. The second-order valence-electron chi connectivity index (χ2n) is 4.54. The molecule has 0 aliphatic carbocycles. The third kappa shape index (κ3) is 3.00. The smallest absolute Gasteiger partial charge is 0.256 e. The second-order valence-corrected chi connectivity index (χ2v) is 4.54. The molecule has 0 bridgehead atoms. The number of nitrogens with one attached hydrogen (secondary N) is 1. The van der Waals surface area contributed by atoms with E-state index in [1.807, 2.05) is 6.92 Å². The predicted molar refractivity (Wildman–Crippen MR) is 71.8 cm³/mol. The number of hydrogen-bond donors (Lipinski definition) is 1. The summed E-state index contributed by atoms with van der Waals surface area (Å²) in [4.78, 5) is 13.9. The molecule has 0 aromatic heterocycles. The van der Waals surface area contributed by atoms with E-state index < -0.39 is 5.82 Å². The second kappa shape index (κ2) is 6.16. The lowest BCUT2D eigenvalue weighted by molar-refractivity contribution is 0.0704. The number of amides is 1. The van der Waals surface area contributed by atoms with E-state index in [1.54, 1.807) is 30.0 Å². The lowest BCUT2D eigenvalue weighted by Gasteiger charge is -2.32. The first-order chi connectivity index (χ1) is 8.09. The predicted octanol–water partition coefficient (Wildman–Crippen LogP) is 1.99. The lowest BCUT2D eigenvalue weighted by Crippen LogP contribution is -2.51. The standard InChI is InChI=1S/C13H17FN2O.ClH/c1-9-4-3-5-11(12(9)14)13(17)16-7-6-15-10(2)8-16;/h3-5,10,15H,6-8H2,1-2H3;1H/t10-;/m1./s1. The summed E-state index contributed by atoms with van der Waals surface area (Å²) < 4.78 is 13.8. The summed E-state index contributed by atoms with van der Waals surface area (Å²) in [6.45, 7) is 5.72. The van der Waals surface area contributed by atoms with Gasteiger partial charge in [0.05, 0.1) is 5.56 Å². The van der Waals surface area contributed by atoms with Crippen molar-refractivity contribution in [2.75, 3.05) is 19.6 Å². The fourth-order valence-corrected chi connectivity index (χ4v) is 2.10. The molecule has 1 fully saturated rings. The van der Waals surface area contributed by atoms with Crippen molar-refractivity contribution in [1.82, 2.24) is 10.2 Å². The zero-order valence-electron chi connectivity index (χ0n) is 10.6. The van der Waals surface area contributed by atoms with Gasteiger partial charge in [-0.2, -0.15) is 0 Å². The number of carbonyl (C=O) groups excluding carboxylic acids is 1. The molecule has 1 amide bonds. The van der Waals surface area contributed by atoms with Crippen LogP contribution in [0.15, 0.2) is 18.2 Å². The van der Waals surface area contributed by atoms with Crippen LogP contribution >= 0.6 is 12.4 Å². The van der Waals surface area contributed by atoms with Crippen LogP contribution in [0.25, 0.3) is 0 Å². The highest BCUT2D eigenvalue weighted by molar-refractivity contribution is 5.94. The van der Waals surface area contributed by atoms with Gasteiger partial charge >= 0.3 is 0 Å². The molecule has 5 heteroatoms. The zero-order chi connectivity index (χ0) is 12.4. The molecule has 3 nitrogen and oxygen atoms in total. The summed E-state index contributed by atoms with van der Waals surface area (Å²) in [5.74, 6) is -0.608. The fourth-order valence-electron chi connectivity index (χ4n) is 2.10. The highest BCUT2D eigenvalue weighted by Gasteiger charge is 2.23. The molecule has 1 aromatic carbocycles. The van der Waals surface area contributed by atoms with Gasteiger partial charge < -0.3 is 10.2 Å². The highest BCUT2D eigenvalue weighted by atomic mass is 35.5. The van der Waals surface area contributed by atoms with Crippen LogP contribution in [0.2, 0.25) is 0 Å². The number of piperazine rings is 1. The Morgan fingerprint density at radius 2 is 2.22 bits per heavy atom. The van der Waals surface area contributed by atoms with Gasteiger partial charge in [0.2, 0.25) is 0 Å². The Bertz CT molecular complexity index is 439. The highest BCUT2D eigenvalue weighted by Crippen LogP contribution is 2.15. The summed E-state index contributed by atoms with van der Waals surface area (Å²) in [6.07, 6.45) is 0. The molecule has 1 aromatic rings. The molecular weight excluding hydrogens is 255 g/mol. The molecule has 1 N–H and O–H groups in total. The summed E-state index contributed by atoms with van der Waals surface area (Å²) in [7, 11) is 0. The van der Waals surface area contributed by atoms with Crippen molar-refractivity contribution in [3.8, 4) is 0 Å². The number of hydrogen-bond acceptors (Lipinski definition) is 2. The Hall–Kier alpha value is -1.13. The maximum Gasteiger partial charge on any atom is 0.256 e. The van der Waals surface area contributed by atoms with Crippen molar-refractivity contribution in [3.63, 3.8) is 0 Å². The summed E-state index contributed by atoms with van der Waals surface area (Å²) in [6, 6.07) is 5.21. The van der Waals surface area contributed by atoms with Crippen molar-refractivity contribution in [3.05, 3.63) is 35.1 Å². The average molecular weight is 273 g/mol. The molecule has 2 rings (SSSR count). The SMILES string of the molecule is Cc1cccc(C(=O)N2CCN[C@H](C)C2)c1F.Cl. The van der Waals surface area contributed by atoms with E-state index in [4.69, 9.17) is 0 Å². The summed E-state index contributed by atoms with van der Waals surface area (Å²) in [5.41, 5.74) is 0.693. The van der Waals surface area contributed by atoms with Crippen LogP contribution in [0.4, 0.5) is 4.39 Å². The molecule has 1 aliphatic rings. The van der Waals surface area contributed by atoms with Gasteiger partial charge in [0.1, 0.15) is 5.82 Å². The topological polar surface area (TPSA) is 32.3 Å². The van der Waals surface area contributed by atoms with Gasteiger partial charge in [-0.05, 0) is 25.5 Å². The van der Waals surface area contributed by atoms with Gasteiger partial charge in [-0.1, -0.05) is 12.1 Å². The molecule has 0 saturated carbocycles. The van der Waals surface area contributed by atoms with Gasteiger partial charge in [0.15, 0.2) is 0 Å². The molecule has 0 unspecified atom stereocenters. The third-order valence-corrected chi connectivity index (χ3v) is 3.08. The quantitative estimate of drug-likeness (QED) is 0.848. The van der Waals surface area contributed by atoms with E-state index in [0.717, 1.165) is 6.54 Å². The minimum Gasteiger partial charge on any atom is -0.336 e. The first-order valence-corrected chi connectivity index (χ1v) is 5.87. The number of nitrogens with zero attached hydrogens (tertiary/aromatic N) is 1. The first kappa shape index (κ1) is 14.9. The zero-order valence-corrected chi connectivity index (χ0v) is 11.4. The van der Waals surface area contributed by atoms with Crippen LogP contribution in [-0.4, -0.2) is 36.5 Å². The first-order valence-electron chi connectivity index (χ1n) is 5.87. The molecule has 1 atom stereocenters. The van der Waals surface area contributed by atoms with Crippen molar-refractivity contribution >= 4 is 18.3 Å². The van der Waals surface area contributed by atoms with Crippen molar-refractivity contribution in [1.29, 1.82) is 0 Å². The van der Waals surface area contributed by atoms with Gasteiger partial charge in [-0.15, -0.1) is 12.4 Å². The van der Waals surface area contributed by atoms with Crippen molar-refractivity contribution < 1.29 is 9.18 Å². The van der Waals surface area contributed by atoms with Crippen molar-refractivity contribution in [2.24, 2.45) is 0 Å². The van der Waals surface area contributed by atoms with Gasteiger partial charge in [-0.3, -0.25) is 4.79 Å². The molecule has 0 spiro atoms. The Kier molecular flexibility index (Phi) is 5.11. The normalized spacial score (nSPS) is 19.3. The van der Waals surface area contributed by atoms with E-state index in [0.29, 0.717) is 18.7 Å². The van der Waals surface area contributed by atoms with Crippen LogP contribution in [-0.2, 0) is 0 Å². The van der Waals surface area contributed by atoms with E-state index in [-0.39, 0.29) is 29.9 Å². The number of benzene rings is 1. The molecular formula is C13H18ClFN2O. The van der Waals surface area contributed by atoms with E-state index >= 15 is 0 Å². The van der Waals surface area contributed by atoms with Gasteiger partial charge in [0.25, 0.3) is 5.91 Å². The van der Waals surface area contributed by atoms with Crippen LogP contribution in [0.5, 0.6) is 0 Å². The van der Waals surface area contributed by atoms with Crippen LogP contribution in [0, 0.1) is 12.7 Å². The largest absolute Gasteiger partial charge is 0.336 e. The van der Waals surface area contributed by atoms with Gasteiger partial charge in [-0.25, -0.2) is 4.39 Å². The minimum atomic E-state index is -0.399. The molecule has 100 valence electrons. The van der Waals surface area contributed by atoms with E-state index in [1.165, 1.54) is 0 Å². The maximum absolute atomic E-state index is 13.8. The Balaban J connectivity index is 0.00000162. The monoisotopic (exact) mass is 272 g/mol. The Labute approximate surface area is 113 Å². The number of aryl methyl sites for hydroxylation is 1. The third-order valence-electron chi connectivity index (χ3n) is 3.08. The van der Waals surface area contributed by atoms with Crippen LogP contribution < -0.4 is 5.32 Å². The lowest BCUT2D eigenvalue weighted by atomic mass is 10.1. The van der Waals surface area contributed by atoms with Crippen molar-refractivity contribution in [2.45, 2.75) is 19.9 Å².